The topological polar surface area (TPSA) is 111 Å². The Morgan fingerprint density at radius 3 is 0.895 bits per heavy atom. The van der Waals surface area contributed by atoms with Crippen LogP contribution in [-0.4, -0.2) is 70.0 Å². The van der Waals surface area contributed by atoms with E-state index >= 15 is 0 Å². The Bertz CT molecular complexity index is 1880. The van der Waals surface area contributed by atoms with Crippen LogP contribution in [0.4, 0.5) is 0 Å². The molecule has 0 fully saturated rings. The average molecular weight is 1350 g/mol. The van der Waals surface area contributed by atoms with E-state index in [4.69, 9.17) is 18.5 Å². The van der Waals surface area contributed by atoms with Gasteiger partial charge in [-0.05, 0) is 70.6 Å². The largest absolute Gasteiger partial charge is 0.756 e. The predicted molar refractivity (Wildman–Crippen MR) is 411 cm³/mol. The normalized spacial score (nSPS) is 13.5. The molecule has 554 valence electrons. The highest BCUT2D eigenvalue weighted by Gasteiger charge is 2.22. The molecule has 0 N–H and O–H groups in total. The Labute approximate surface area is 590 Å². The van der Waals surface area contributed by atoms with E-state index in [2.05, 4.69) is 98.9 Å². The lowest BCUT2D eigenvalue weighted by molar-refractivity contribution is -0.870. The Morgan fingerprint density at radius 2 is 0.600 bits per heavy atom. The van der Waals surface area contributed by atoms with Gasteiger partial charge in [0.1, 0.15) is 19.8 Å². The third-order valence-electron chi connectivity index (χ3n) is 18.2. The predicted octanol–water partition coefficient (Wildman–Crippen LogP) is 26.6. The van der Waals surface area contributed by atoms with Crippen LogP contribution in [0.1, 0.15) is 393 Å². The minimum Gasteiger partial charge on any atom is -0.756 e. The summed E-state index contributed by atoms with van der Waals surface area (Å²) in [5, 5.41) is 0. The summed E-state index contributed by atoms with van der Waals surface area (Å²) in [5.41, 5.74) is 0. The lowest BCUT2D eigenvalue weighted by Gasteiger charge is -2.28. The SMILES string of the molecule is CC/C=C\C/C=C\C/C=C\C/C=C\C/C=C\C/C=C\C/C=C\CCCCCCCCCCCCCCCCCC(=O)OC(COC(=O)CCCCCCCCCCCCCCCCCCCCCCCCCCCCCCCCCCCC)COP(=O)([O-])OCC[N+](C)(C)C. The fraction of sp³-hybridized carbons (Fsp3) is 0.812. The number of esters is 2. The molecule has 0 aliphatic heterocycles. The van der Waals surface area contributed by atoms with Gasteiger partial charge in [0.25, 0.3) is 7.82 Å². The number of nitrogens with zero attached hydrogens (tertiary/aromatic N) is 1. The second kappa shape index (κ2) is 75.4. The number of phosphoric ester groups is 1. The second-order valence-electron chi connectivity index (χ2n) is 28.8. The molecule has 0 aromatic rings. The van der Waals surface area contributed by atoms with Gasteiger partial charge in [-0.3, -0.25) is 14.2 Å². The number of phosphoric acid groups is 1. The molecule has 0 rings (SSSR count). The maximum absolute atomic E-state index is 12.9. The van der Waals surface area contributed by atoms with Gasteiger partial charge in [-0.2, -0.15) is 0 Å². The zero-order valence-electron chi connectivity index (χ0n) is 63.4. The summed E-state index contributed by atoms with van der Waals surface area (Å²) in [4.78, 5) is 38.2. The molecule has 0 saturated heterocycles. The quantitative estimate of drug-likeness (QED) is 0.0195. The van der Waals surface area contributed by atoms with E-state index in [0.29, 0.717) is 17.4 Å². The number of rotatable bonds is 76. The number of unbranched alkanes of at least 4 members (excludes halogenated alkanes) is 48. The minimum absolute atomic E-state index is 0.0306. The molecule has 2 unspecified atom stereocenters. The lowest BCUT2D eigenvalue weighted by Crippen LogP contribution is -2.37. The van der Waals surface area contributed by atoms with Gasteiger partial charge in [-0.1, -0.05) is 394 Å². The van der Waals surface area contributed by atoms with Crippen LogP contribution < -0.4 is 4.89 Å². The molecule has 0 amide bonds. The maximum atomic E-state index is 12.9. The Morgan fingerprint density at radius 1 is 0.337 bits per heavy atom. The highest BCUT2D eigenvalue weighted by molar-refractivity contribution is 7.45. The van der Waals surface area contributed by atoms with Crippen molar-refractivity contribution in [2.45, 2.75) is 399 Å². The third-order valence-corrected chi connectivity index (χ3v) is 19.1. The fourth-order valence-corrected chi connectivity index (χ4v) is 12.7. The number of hydrogen-bond acceptors (Lipinski definition) is 8. The molecule has 0 bridgehead atoms. The number of carbonyl (C=O) groups is 2. The van der Waals surface area contributed by atoms with Crippen molar-refractivity contribution in [1.29, 1.82) is 0 Å². The standard InChI is InChI=1S/C85H156NO8P/c1-6-8-10-12-14-16-18-20-22-24-26-28-30-32-34-36-38-40-42-43-44-46-48-50-52-54-56-58-60-62-64-66-68-70-72-74-76-78-85(88)94-83(82-93-95(89,90)92-80-79-86(3,4)5)81-91-84(87)77-75-73-71-69-67-65-63-61-59-57-55-53-51-49-47-45-41-39-37-35-33-31-29-27-25-23-21-19-17-15-13-11-9-7-2/h8,10,14,16,20,22,26,28,32,34,38,40,43-44,83H,6-7,9,11-13,15,17-19,21,23-25,27,29-31,33,35-37,39,41-42,45-82H2,1-5H3/b10-8-,16-14-,22-20-,28-26-,34-32-,40-38-,44-43-. The van der Waals surface area contributed by atoms with Gasteiger partial charge < -0.3 is 27.9 Å². The van der Waals surface area contributed by atoms with E-state index < -0.39 is 26.5 Å². The number of carbonyl (C=O) groups excluding carboxylic acids is 2. The minimum atomic E-state index is -4.65. The molecule has 0 spiro atoms. The zero-order valence-corrected chi connectivity index (χ0v) is 64.3. The van der Waals surface area contributed by atoms with E-state index in [1.165, 1.54) is 276 Å². The molecule has 2 atom stereocenters. The van der Waals surface area contributed by atoms with E-state index in [1.54, 1.807) is 0 Å². The highest BCUT2D eigenvalue weighted by atomic mass is 31.2. The molecule has 0 radical (unpaired) electrons. The van der Waals surface area contributed by atoms with Crippen molar-refractivity contribution in [3.05, 3.63) is 85.1 Å². The first-order valence-corrected chi connectivity index (χ1v) is 42.3. The highest BCUT2D eigenvalue weighted by Crippen LogP contribution is 2.38. The Balaban J connectivity index is 3.94. The number of ether oxygens (including phenoxy) is 2. The fourth-order valence-electron chi connectivity index (χ4n) is 12.0. The molecular formula is C85H156NO8P. The molecule has 0 aromatic carbocycles. The van der Waals surface area contributed by atoms with Gasteiger partial charge in [-0.25, -0.2) is 0 Å². The number of allylic oxidation sites excluding steroid dienone is 14. The molecule has 95 heavy (non-hydrogen) atoms. The first-order chi connectivity index (χ1) is 46.5. The number of quaternary nitrogens is 1. The lowest BCUT2D eigenvalue weighted by atomic mass is 10.0. The van der Waals surface area contributed by atoms with Crippen molar-refractivity contribution in [3.8, 4) is 0 Å². The first-order valence-electron chi connectivity index (χ1n) is 40.8. The van der Waals surface area contributed by atoms with Crippen LogP contribution in [0.3, 0.4) is 0 Å². The smallest absolute Gasteiger partial charge is 0.306 e. The summed E-state index contributed by atoms with van der Waals surface area (Å²) >= 11 is 0. The van der Waals surface area contributed by atoms with Crippen molar-refractivity contribution >= 4 is 19.8 Å². The van der Waals surface area contributed by atoms with Crippen LogP contribution in [0, 0.1) is 0 Å². The molecule has 0 aliphatic rings. The summed E-state index contributed by atoms with van der Waals surface area (Å²) in [5.74, 6) is -0.815. The van der Waals surface area contributed by atoms with Crippen molar-refractivity contribution < 1.29 is 42.1 Å². The van der Waals surface area contributed by atoms with Gasteiger partial charge in [0, 0.05) is 12.8 Å². The van der Waals surface area contributed by atoms with Gasteiger partial charge in [0.2, 0.25) is 0 Å². The molecule has 0 aliphatic carbocycles. The van der Waals surface area contributed by atoms with E-state index in [0.717, 1.165) is 83.5 Å². The molecule has 0 saturated carbocycles. The first kappa shape index (κ1) is 92.2. The van der Waals surface area contributed by atoms with Crippen LogP contribution in [0.2, 0.25) is 0 Å². The molecule has 9 nitrogen and oxygen atoms in total. The van der Waals surface area contributed by atoms with Crippen molar-refractivity contribution in [2.24, 2.45) is 0 Å². The Hall–Kier alpha value is -2.81. The van der Waals surface area contributed by atoms with Gasteiger partial charge in [0.15, 0.2) is 6.10 Å². The van der Waals surface area contributed by atoms with Gasteiger partial charge >= 0.3 is 11.9 Å². The van der Waals surface area contributed by atoms with E-state index in [-0.39, 0.29) is 32.0 Å². The third kappa shape index (κ3) is 80.1. The van der Waals surface area contributed by atoms with E-state index in [9.17, 15) is 19.0 Å². The molecule has 0 aromatic heterocycles. The molecule has 10 heteroatoms. The van der Waals surface area contributed by atoms with E-state index in [1.807, 2.05) is 21.1 Å². The van der Waals surface area contributed by atoms with Crippen LogP contribution in [0.5, 0.6) is 0 Å². The second-order valence-corrected chi connectivity index (χ2v) is 30.2. The average Bonchev–Trinajstić information content (AvgIpc) is 1.80. The monoisotopic (exact) mass is 1350 g/mol. The summed E-state index contributed by atoms with van der Waals surface area (Å²) < 4.78 is 34.4. The molecule has 0 heterocycles. The number of hydrogen-bond donors (Lipinski definition) is 0. The van der Waals surface area contributed by atoms with Gasteiger partial charge in [0.05, 0.1) is 27.7 Å². The summed E-state index contributed by atoms with van der Waals surface area (Å²) in [7, 11) is 1.18. The zero-order chi connectivity index (χ0) is 69.0. The summed E-state index contributed by atoms with van der Waals surface area (Å²) in [6, 6.07) is 0. The van der Waals surface area contributed by atoms with Gasteiger partial charge in [-0.15, -0.1) is 0 Å². The van der Waals surface area contributed by atoms with Crippen LogP contribution >= 0.6 is 7.82 Å². The summed E-state index contributed by atoms with van der Waals surface area (Å²) in [6.07, 6.45) is 104. The van der Waals surface area contributed by atoms with Crippen molar-refractivity contribution in [1.82, 2.24) is 0 Å². The van der Waals surface area contributed by atoms with Crippen molar-refractivity contribution in [3.63, 3.8) is 0 Å². The summed E-state index contributed by atoms with van der Waals surface area (Å²) in [6.45, 7) is 4.19. The van der Waals surface area contributed by atoms with Crippen LogP contribution in [0.15, 0.2) is 85.1 Å². The Kier molecular flexibility index (Phi) is 73.2. The molecular weight excluding hydrogens is 1190 g/mol. The van der Waals surface area contributed by atoms with Crippen molar-refractivity contribution in [2.75, 3.05) is 47.5 Å². The number of likely N-dealkylation sites (N-methyl/N-ethyl adjacent to an activating group) is 1. The van der Waals surface area contributed by atoms with Crippen LogP contribution in [-0.2, 0) is 32.7 Å². The van der Waals surface area contributed by atoms with Crippen LogP contribution in [0.25, 0.3) is 0 Å². The maximum Gasteiger partial charge on any atom is 0.306 e.